The smallest absolute Gasteiger partial charge is 0.387 e. The Bertz CT molecular complexity index is 526. The minimum Gasteiger partial charge on any atom is -0.434 e. The zero-order valence-corrected chi connectivity index (χ0v) is 10.9. The van der Waals surface area contributed by atoms with Gasteiger partial charge in [-0.2, -0.15) is 8.78 Å². The number of carbonyl (C=O) groups is 1. The molecule has 20 heavy (non-hydrogen) atoms. The molecule has 2 N–H and O–H groups in total. The topological polar surface area (TPSA) is 55.6 Å². The second kappa shape index (κ2) is 4.70. The van der Waals surface area contributed by atoms with Gasteiger partial charge in [-0.1, -0.05) is 12.1 Å². The molecule has 2 aliphatic rings. The van der Waals surface area contributed by atoms with Crippen LogP contribution in [0.15, 0.2) is 24.3 Å². The first-order valence-electron chi connectivity index (χ1n) is 6.61. The number of carbonyl (C=O) groups excluding carboxylic acids is 1. The highest BCUT2D eigenvalue weighted by molar-refractivity contribution is 5.97. The van der Waals surface area contributed by atoms with E-state index in [9.17, 15) is 13.6 Å². The molecule has 1 aliphatic heterocycles. The third kappa shape index (κ3) is 2.35. The zero-order valence-electron chi connectivity index (χ0n) is 10.9. The Hall–Kier alpha value is -1.69. The second-order valence-corrected chi connectivity index (χ2v) is 5.54. The fourth-order valence-electron chi connectivity index (χ4n) is 2.74. The number of rotatable bonds is 4. The van der Waals surface area contributed by atoms with Crippen molar-refractivity contribution in [3.63, 3.8) is 0 Å². The van der Waals surface area contributed by atoms with Crippen molar-refractivity contribution in [2.75, 3.05) is 13.1 Å². The molecule has 0 spiro atoms. The Balaban J connectivity index is 1.72. The average molecular weight is 282 g/mol. The summed E-state index contributed by atoms with van der Waals surface area (Å²) in [6.07, 6.45) is 2.23. The molecule has 0 atom stereocenters. The number of halogens is 2. The molecule has 0 unspecified atom stereocenters. The lowest BCUT2D eigenvalue weighted by Gasteiger charge is -2.48. The quantitative estimate of drug-likeness (QED) is 0.917. The lowest BCUT2D eigenvalue weighted by Crippen LogP contribution is -2.69. The van der Waals surface area contributed by atoms with Crippen LogP contribution in [-0.4, -0.2) is 36.0 Å². The Kier molecular flexibility index (Phi) is 3.12. The molecular weight excluding hydrogens is 266 g/mol. The van der Waals surface area contributed by atoms with E-state index in [0.717, 1.165) is 12.8 Å². The number of hydrogen-bond acceptors (Lipinski definition) is 3. The highest BCUT2D eigenvalue weighted by Crippen LogP contribution is 2.43. The van der Waals surface area contributed by atoms with Gasteiger partial charge in [-0.15, -0.1) is 0 Å². The maximum atomic E-state index is 12.3. The first kappa shape index (κ1) is 13.3. The third-order valence-electron chi connectivity index (χ3n) is 3.98. The Morgan fingerprint density at radius 2 is 2.00 bits per heavy atom. The summed E-state index contributed by atoms with van der Waals surface area (Å²) in [6.45, 7) is -1.97. The molecule has 4 nitrogen and oxygen atoms in total. The highest BCUT2D eigenvalue weighted by atomic mass is 19.3. The molecule has 1 aromatic rings. The first-order valence-corrected chi connectivity index (χ1v) is 6.61. The van der Waals surface area contributed by atoms with Crippen molar-refractivity contribution in [3.8, 4) is 5.75 Å². The van der Waals surface area contributed by atoms with E-state index in [4.69, 9.17) is 5.73 Å². The molecular formula is C14H16F2N2O2. The summed E-state index contributed by atoms with van der Waals surface area (Å²) < 4.78 is 29.0. The van der Waals surface area contributed by atoms with Gasteiger partial charge in [0.1, 0.15) is 5.75 Å². The van der Waals surface area contributed by atoms with Crippen molar-refractivity contribution in [1.29, 1.82) is 0 Å². The predicted octanol–water partition coefficient (Wildman–Crippen LogP) is 1.85. The van der Waals surface area contributed by atoms with Gasteiger partial charge in [0, 0.05) is 13.1 Å². The first-order chi connectivity index (χ1) is 9.49. The number of amides is 1. The predicted molar refractivity (Wildman–Crippen MR) is 68.6 cm³/mol. The standard InChI is InChI=1S/C14H16F2N2O2/c15-13(16)20-11-4-2-1-3-10(11)12(19)18-7-14(17,8-18)9-5-6-9/h1-4,9,13H,5-8,17H2. The number of nitrogens with two attached hydrogens (primary N) is 1. The highest BCUT2D eigenvalue weighted by Gasteiger charge is 2.51. The number of alkyl halides is 2. The van der Waals surface area contributed by atoms with Crippen LogP contribution in [0, 0.1) is 5.92 Å². The minimum absolute atomic E-state index is 0.0894. The molecule has 0 bridgehead atoms. The maximum Gasteiger partial charge on any atom is 0.387 e. The van der Waals surface area contributed by atoms with Crippen LogP contribution in [0.25, 0.3) is 0 Å². The number of benzene rings is 1. The van der Waals surface area contributed by atoms with E-state index in [-0.39, 0.29) is 22.8 Å². The van der Waals surface area contributed by atoms with Crippen LogP contribution in [0.5, 0.6) is 5.75 Å². The van der Waals surface area contributed by atoms with Gasteiger partial charge < -0.3 is 15.4 Å². The lowest BCUT2D eigenvalue weighted by atomic mass is 9.85. The van der Waals surface area contributed by atoms with Crippen LogP contribution >= 0.6 is 0 Å². The van der Waals surface area contributed by atoms with E-state index >= 15 is 0 Å². The Morgan fingerprint density at radius 1 is 1.35 bits per heavy atom. The van der Waals surface area contributed by atoms with E-state index in [2.05, 4.69) is 4.74 Å². The molecule has 1 aliphatic carbocycles. The number of likely N-dealkylation sites (tertiary alicyclic amines) is 1. The van der Waals surface area contributed by atoms with Gasteiger partial charge in [-0.3, -0.25) is 4.79 Å². The number of para-hydroxylation sites is 1. The fourth-order valence-corrected chi connectivity index (χ4v) is 2.74. The van der Waals surface area contributed by atoms with Gasteiger partial charge in [0.05, 0.1) is 11.1 Å². The summed E-state index contributed by atoms with van der Waals surface area (Å²) in [6, 6.07) is 6.05. The van der Waals surface area contributed by atoms with Crippen molar-refractivity contribution >= 4 is 5.91 Å². The number of hydrogen-bond donors (Lipinski definition) is 1. The molecule has 108 valence electrons. The van der Waals surface area contributed by atoms with Crippen LogP contribution in [0.3, 0.4) is 0 Å². The van der Waals surface area contributed by atoms with Crippen LogP contribution in [0.4, 0.5) is 8.78 Å². The zero-order chi connectivity index (χ0) is 14.3. The van der Waals surface area contributed by atoms with Crippen LogP contribution in [-0.2, 0) is 0 Å². The van der Waals surface area contributed by atoms with Gasteiger partial charge >= 0.3 is 6.61 Å². The van der Waals surface area contributed by atoms with E-state index in [1.807, 2.05) is 0 Å². The van der Waals surface area contributed by atoms with E-state index < -0.39 is 6.61 Å². The number of ether oxygens (including phenoxy) is 1. The van der Waals surface area contributed by atoms with Crippen molar-refractivity contribution in [2.45, 2.75) is 25.0 Å². The molecule has 1 saturated heterocycles. The van der Waals surface area contributed by atoms with E-state index in [1.165, 1.54) is 12.1 Å². The molecule has 1 amide bonds. The Labute approximate surface area is 115 Å². The largest absolute Gasteiger partial charge is 0.434 e. The maximum absolute atomic E-state index is 12.3. The minimum atomic E-state index is -2.94. The van der Waals surface area contributed by atoms with Gasteiger partial charge in [-0.05, 0) is 30.9 Å². The third-order valence-corrected chi connectivity index (χ3v) is 3.98. The SMILES string of the molecule is NC1(C2CC2)CN(C(=O)c2ccccc2OC(F)F)C1. The van der Waals surface area contributed by atoms with E-state index in [0.29, 0.717) is 19.0 Å². The number of nitrogens with zero attached hydrogens (tertiary/aromatic N) is 1. The van der Waals surface area contributed by atoms with Gasteiger partial charge in [0.25, 0.3) is 5.91 Å². The summed E-state index contributed by atoms with van der Waals surface area (Å²) in [5.41, 5.74) is 6.06. The summed E-state index contributed by atoms with van der Waals surface area (Å²) in [5.74, 6) is 0.107. The summed E-state index contributed by atoms with van der Waals surface area (Å²) >= 11 is 0. The molecule has 0 radical (unpaired) electrons. The monoisotopic (exact) mass is 282 g/mol. The lowest BCUT2D eigenvalue weighted by molar-refractivity contribution is -0.0504. The molecule has 2 fully saturated rings. The molecule has 0 aromatic heterocycles. The molecule has 1 heterocycles. The summed E-state index contributed by atoms with van der Waals surface area (Å²) in [5, 5.41) is 0. The van der Waals surface area contributed by atoms with Crippen molar-refractivity contribution in [1.82, 2.24) is 4.90 Å². The second-order valence-electron chi connectivity index (χ2n) is 5.54. The van der Waals surface area contributed by atoms with Crippen molar-refractivity contribution in [2.24, 2.45) is 11.7 Å². The normalized spacial score (nSPS) is 20.7. The van der Waals surface area contributed by atoms with Crippen molar-refractivity contribution in [3.05, 3.63) is 29.8 Å². The van der Waals surface area contributed by atoms with Gasteiger partial charge in [-0.25, -0.2) is 0 Å². The fraction of sp³-hybridized carbons (Fsp3) is 0.500. The van der Waals surface area contributed by atoms with E-state index in [1.54, 1.807) is 17.0 Å². The molecule has 1 saturated carbocycles. The van der Waals surface area contributed by atoms with Gasteiger partial charge in [0.2, 0.25) is 0 Å². The molecule has 1 aromatic carbocycles. The Morgan fingerprint density at radius 3 is 2.60 bits per heavy atom. The average Bonchev–Trinajstić information content (AvgIpc) is 3.18. The van der Waals surface area contributed by atoms with Crippen LogP contribution < -0.4 is 10.5 Å². The molecule has 3 rings (SSSR count). The molecule has 6 heteroatoms. The summed E-state index contributed by atoms with van der Waals surface area (Å²) in [7, 11) is 0. The summed E-state index contributed by atoms with van der Waals surface area (Å²) in [4.78, 5) is 13.9. The van der Waals surface area contributed by atoms with Crippen molar-refractivity contribution < 1.29 is 18.3 Å². The van der Waals surface area contributed by atoms with Crippen LogP contribution in [0.2, 0.25) is 0 Å². The van der Waals surface area contributed by atoms with Gasteiger partial charge in [0.15, 0.2) is 0 Å². The van der Waals surface area contributed by atoms with Crippen LogP contribution in [0.1, 0.15) is 23.2 Å².